The molecule has 0 radical (unpaired) electrons. The Hall–Kier alpha value is -1.22. The van der Waals surface area contributed by atoms with Crippen LogP contribution in [0.5, 0.6) is 0 Å². The van der Waals surface area contributed by atoms with Crippen LogP contribution in [0.2, 0.25) is 0 Å². The van der Waals surface area contributed by atoms with E-state index in [1.807, 2.05) is 36.5 Å². The van der Waals surface area contributed by atoms with Crippen LogP contribution in [0.25, 0.3) is 0 Å². The van der Waals surface area contributed by atoms with Crippen LogP contribution in [0, 0.1) is 0 Å². The summed E-state index contributed by atoms with van der Waals surface area (Å²) in [4.78, 5) is 3.13. The highest BCUT2D eigenvalue weighted by atomic mass is 32.2. The van der Waals surface area contributed by atoms with E-state index < -0.39 is 10.0 Å². The summed E-state index contributed by atoms with van der Waals surface area (Å²) in [5.74, 6) is 0. The predicted molar refractivity (Wildman–Crippen MR) is 79.1 cm³/mol. The Morgan fingerprint density at radius 3 is 2.70 bits per heavy atom. The van der Waals surface area contributed by atoms with E-state index in [1.54, 1.807) is 18.4 Å². The maximum Gasteiger partial charge on any atom is 0.257 e. The summed E-state index contributed by atoms with van der Waals surface area (Å²) >= 11 is 1.62. The lowest BCUT2D eigenvalue weighted by Gasteiger charge is -2.23. The van der Waals surface area contributed by atoms with Crippen LogP contribution in [0.4, 0.5) is 0 Å². The molecule has 0 amide bonds. The molecule has 2 rings (SSSR count). The molecule has 1 unspecified atom stereocenters. The largest absolute Gasteiger partial charge is 0.300 e. The molecule has 0 spiro atoms. The fourth-order valence-electron chi connectivity index (χ4n) is 1.91. The van der Waals surface area contributed by atoms with Crippen molar-refractivity contribution in [3.05, 3.63) is 34.7 Å². The van der Waals surface area contributed by atoms with Crippen LogP contribution in [0.3, 0.4) is 0 Å². The number of likely N-dealkylation sites (N-methyl/N-ethyl adjacent to an activating group) is 1. The van der Waals surface area contributed by atoms with Crippen molar-refractivity contribution < 1.29 is 8.42 Å². The fraction of sp³-hybridized carbons (Fsp3) is 0.417. The molecule has 0 aliphatic rings. The molecule has 2 aromatic heterocycles. The quantitative estimate of drug-likeness (QED) is 0.866. The van der Waals surface area contributed by atoms with Gasteiger partial charge in [-0.25, -0.2) is 13.1 Å². The van der Waals surface area contributed by atoms with Gasteiger partial charge >= 0.3 is 0 Å². The topological polar surface area (TPSA) is 67.2 Å². The third kappa shape index (κ3) is 3.26. The van der Waals surface area contributed by atoms with Crippen molar-refractivity contribution in [2.45, 2.75) is 11.1 Å². The Balaban J connectivity index is 2.12. The minimum Gasteiger partial charge on any atom is -0.300 e. The number of nitrogens with one attached hydrogen (secondary N) is 1. The monoisotopic (exact) mass is 314 g/mol. The Kier molecular flexibility index (Phi) is 4.59. The molecule has 2 aromatic rings. The third-order valence-electron chi connectivity index (χ3n) is 3.01. The highest BCUT2D eigenvalue weighted by molar-refractivity contribution is 7.89. The summed E-state index contributed by atoms with van der Waals surface area (Å²) < 4.78 is 28.4. The molecule has 110 valence electrons. The number of sulfonamides is 1. The molecule has 1 atom stereocenters. The zero-order valence-electron chi connectivity index (χ0n) is 11.6. The summed E-state index contributed by atoms with van der Waals surface area (Å²) in [6.07, 6.45) is 1.47. The van der Waals surface area contributed by atoms with E-state index in [2.05, 4.69) is 9.82 Å². The molecule has 0 saturated heterocycles. The number of aryl methyl sites for hydroxylation is 1. The highest BCUT2D eigenvalue weighted by Crippen LogP contribution is 2.22. The van der Waals surface area contributed by atoms with E-state index in [-0.39, 0.29) is 11.1 Å². The van der Waals surface area contributed by atoms with Gasteiger partial charge in [0.1, 0.15) is 0 Å². The van der Waals surface area contributed by atoms with Crippen molar-refractivity contribution in [3.63, 3.8) is 0 Å². The fourth-order valence-corrected chi connectivity index (χ4v) is 3.99. The molecule has 0 aliphatic carbocycles. The SMILES string of the molecule is CN(C)C(CNS(=O)(=O)c1ccnn1C)c1cccs1. The van der Waals surface area contributed by atoms with Crippen molar-refractivity contribution in [1.82, 2.24) is 19.4 Å². The van der Waals surface area contributed by atoms with Gasteiger partial charge in [0.15, 0.2) is 5.03 Å². The molecule has 6 nitrogen and oxygen atoms in total. The van der Waals surface area contributed by atoms with Gasteiger partial charge in [-0.3, -0.25) is 4.68 Å². The van der Waals surface area contributed by atoms with E-state index in [0.717, 1.165) is 4.88 Å². The normalized spacial score (nSPS) is 13.8. The van der Waals surface area contributed by atoms with Crippen LogP contribution in [0.1, 0.15) is 10.9 Å². The van der Waals surface area contributed by atoms with Crippen molar-refractivity contribution >= 4 is 21.4 Å². The van der Waals surface area contributed by atoms with Gasteiger partial charge in [-0.1, -0.05) is 6.07 Å². The van der Waals surface area contributed by atoms with E-state index in [1.165, 1.54) is 16.9 Å². The first-order valence-corrected chi connectivity index (χ1v) is 8.45. The van der Waals surface area contributed by atoms with Crippen LogP contribution in [-0.4, -0.2) is 43.7 Å². The summed E-state index contributed by atoms with van der Waals surface area (Å²) in [5, 5.41) is 6.04. The molecule has 8 heteroatoms. The number of hydrogen-bond acceptors (Lipinski definition) is 5. The lowest BCUT2D eigenvalue weighted by Crippen LogP contribution is -2.34. The average molecular weight is 314 g/mol. The lowest BCUT2D eigenvalue weighted by molar-refractivity contribution is 0.303. The summed E-state index contributed by atoms with van der Waals surface area (Å²) in [7, 11) is 1.94. The van der Waals surface area contributed by atoms with E-state index in [9.17, 15) is 8.42 Å². The minimum atomic E-state index is -3.54. The average Bonchev–Trinajstić information content (AvgIpc) is 3.00. The molecule has 2 heterocycles. The summed E-state index contributed by atoms with van der Waals surface area (Å²) in [5.41, 5.74) is 0. The third-order valence-corrected chi connectivity index (χ3v) is 5.48. The molecule has 0 fully saturated rings. The highest BCUT2D eigenvalue weighted by Gasteiger charge is 2.22. The van der Waals surface area contributed by atoms with Gasteiger partial charge in [0.05, 0.1) is 12.2 Å². The van der Waals surface area contributed by atoms with Gasteiger partial charge in [0.2, 0.25) is 0 Å². The molecular formula is C12H18N4O2S2. The molecule has 20 heavy (non-hydrogen) atoms. The maximum absolute atomic E-state index is 12.2. The van der Waals surface area contributed by atoms with E-state index in [4.69, 9.17) is 0 Å². The van der Waals surface area contributed by atoms with Gasteiger partial charge in [0, 0.05) is 18.5 Å². The zero-order valence-corrected chi connectivity index (χ0v) is 13.3. The molecule has 0 bridgehead atoms. The molecular weight excluding hydrogens is 296 g/mol. The second kappa shape index (κ2) is 6.04. The van der Waals surface area contributed by atoms with Crippen LogP contribution in [0.15, 0.2) is 34.8 Å². The standard InChI is InChI=1S/C12H18N4O2S2/c1-15(2)10(11-5-4-8-19-11)9-14-20(17,18)12-6-7-13-16(12)3/h4-8,10,14H,9H2,1-3H3. The zero-order chi connectivity index (χ0) is 14.8. The second-order valence-corrected chi connectivity index (χ2v) is 7.33. The van der Waals surface area contributed by atoms with Gasteiger partial charge in [-0.2, -0.15) is 5.10 Å². The Morgan fingerprint density at radius 1 is 1.45 bits per heavy atom. The Morgan fingerprint density at radius 2 is 2.20 bits per heavy atom. The smallest absolute Gasteiger partial charge is 0.257 e. The van der Waals surface area contributed by atoms with Gasteiger partial charge < -0.3 is 4.90 Å². The second-order valence-electron chi connectivity index (χ2n) is 4.64. The molecule has 0 aliphatic heterocycles. The first-order valence-electron chi connectivity index (χ1n) is 6.09. The van der Waals surface area contributed by atoms with Crippen LogP contribution < -0.4 is 4.72 Å². The van der Waals surface area contributed by atoms with Crippen molar-refractivity contribution in [1.29, 1.82) is 0 Å². The first-order chi connectivity index (χ1) is 9.42. The van der Waals surface area contributed by atoms with Gasteiger partial charge in [-0.05, 0) is 31.6 Å². The van der Waals surface area contributed by atoms with E-state index >= 15 is 0 Å². The number of rotatable bonds is 6. The predicted octanol–water partition coefficient (Wildman–Crippen LogP) is 1.06. The Bertz CT molecular complexity index is 647. The van der Waals surface area contributed by atoms with Crippen molar-refractivity contribution in [3.8, 4) is 0 Å². The molecule has 1 N–H and O–H groups in total. The minimum absolute atomic E-state index is 0.0120. The summed E-state index contributed by atoms with van der Waals surface area (Å²) in [6.45, 7) is 0.320. The number of aromatic nitrogens is 2. The van der Waals surface area contributed by atoms with Crippen molar-refractivity contribution in [2.75, 3.05) is 20.6 Å². The molecule has 0 aromatic carbocycles. The molecule has 0 saturated carbocycles. The first kappa shape index (κ1) is 15.2. The van der Waals surface area contributed by atoms with Gasteiger partial charge in [0.25, 0.3) is 10.0 Å². The van der Waals surface area contributed by atoms with E-state index in [0.29, 0.717) is 6.54 Å². The number of nitrogens with zero attached hydrogens (tertiary/aromatic N) is 3. The van der Waals surface area contributed by atoms with Gasteiger partial charge in [-0.15, -0.1) is 11.3 Å². The number of thiophene rings is 1. The maximum atomic E-state index is 12.2. The van der Waals surface area contributed by atoms with Crippen LogP contribution in [-0.2, 0) is 17.1 Å². The Labute approximate surface area is 123 Å². The van der Waals surface area contributed by atoms with Crippen LogP contribution >= 0.6 is 11.3 Å². The van der Waals surface area contributed by atoms with Crippen molar-refractivity contribution in [2.24, 2.45) is 7.05 Å². The lowest BCUT2D eigenvalue weighted by atomic mass is 10.2. The summed E-state index contributed by atoms with van der Waals surface area (Å²) in [6, 6.07) is 5.47. The number of hydrogen-bond donors (Lipinski definition) is 1.